The molecule has 4 rings (SSSR count). The van der Waals surface area contributed by atoms with Crippen LogP contribution in [0.4, 0.5) is 0 Å². The molecule has 26 heavy (non-hydrogen) atoms. The van der Waals surface area contributed by atoms with E-state index >= 15 is 0 Å². The van der Waals surface area contributed by atoms with Gasteiger partial charge in [0, 0.05) is 25.0 Å². The molecule has 0 aliphatic heterocycles. The summed E-state index contributed by atoms with van der Waals surface area (Å²) >= 11 is 0. The first-order valence-corrected chi connectivity index (χ1v) is 8.22. The van der Waals surface area contributed by atoms with Gasteiger partial charge in [0.1, 0.15) is 11.1 Å². The van der Waals surface area contributed by atoms with Crippen LogP contribution in [0.3, 0.4) is 0 Å². The van der Waals surface area contributed by atoms with E-state index < -0.39 is 0 Å². The van der Waals surface area contributed by atoms with E-state index in [4.69, 9.17) is 4.42 Å². The molecule has 0 unspecified atom stereocenters. The Morgan fingerprint density at radius 2 is 1.85 bits per heavy atom. The van der Waals surface area contributed by atoms with Crippen LogP contribution in [-0.4, -0.2) is 34.5 Å². The number of hydrogen-bond donors (Lipinski definition) is 0. The summed E-state index contributed by atoms with van der Waals surface area (Å²) in [6, 6.07) is 14.7. The van der Waals surface area contributed by atoms with Crippen molar-refractivity contribution in [1.29, 1.82) is 0 Å². The van der Waals surface area contributed by atoms with E-state index in [1.807, 2.05) is 36.4 Å². The molecule has 1 amide bonds. The molecule has 0 fully saturated rings. The second kappa shape index (κ2) is 6.15. The highest BCUT2D eigenvalue weighted by molar-refractivity contribution is 6.01. The van der Waals surface area contributed by atoms with E-state index in [1.54, 1.807) is 26.2 Å². The third kappa shape index (κ3) is 2.65. The predicted octanol–water partition coefficient (Wildman–Crippen LogP) is 2.89. The summed E-state index contributed by atoms with van der Waals surface area (Å²) in [4.78, 5) is 30.6. The lowest BCUT2D eigenvalue weighted by atomic mass is 10.1. The Morgan fingerprint density at radius 1 is 1.12 bits per heavy atom. The number of rotatable bonds is 3. The van der Waals surface area contributed by atoms with Crippen molar-refractivity contribution in [2.45, 2.75) is 6.54 Å². The number of aromatic nitrogens is 2. The summed E-state index contributed by atoms with van der Waals surface area (Å²) in [5.41, 5.74) is 2.77. The largest absolute Gasteiger partial charge is 0.448 e. The van der Waals surface area contributed by atoms with Crippen LogP contribution in [0.15, 0.2) is 64.1 Å². The zero-order valence-electron chi connectivity index (χ0n) is 14.5. The first-order chi connectivity index (χ1) is 12.5. The SMILES string of the molecule is CN(C)C(=O)c1ccc(Cn2cnc3c(oc4ccccc43)c2=O)cc1. The van der Waals surface area contributed by atoms with Crippen molar-refractivity contribution in [1.82, 2.24) is 14.5 Å². The zero-order valence-corrected chi connectivity index (χ0v) is 14.5. The first-order valence-electron chi connectivity index (χ1n) is 8.22. The standard InChI is InChI=1S/C20H17N3O3/c1-22(2)19(24)14-9-7-13(8-10-14)11-23-12-21-17-15-5-3-4-6-16(15)26-18(17)20(23)25/h3-10,12H,11H2,1-2H3. The number of furan rings is 1. The molecule has 130 valence electrons. The fourth-order valence-electron chi connectivity index (χ4n) is 2.94. The minimum absolute atomic E-state index is 0.0564. The van der Waals surface area contributed by atoms with Gasteiger partial charge in [0.15, 0.2) is 0 Å². The second-order valence-corrected chi connectivity index (χ2v) is 6.35. The molecule has 0 aliphatic rings. The lowest BCUT2D eigenvalue weighted by Gasteiger charge is -2.11. The average Bonchev–Trinajstić information content (AvgIpc) is 3.03. The van der Waals surface area contributed by atoms with Crippen LogP contribution in [0.25, 0.3) is 22.1 Å². The summed E-state index contributed by atoms with van der Waals surface area (Å²) < 4.78 is 7.20. The van der Waals surface area contributed by atoms with E-state index in [-0.39, 0.29) is 17.0 Å². The number of benzene rings is 2. The van der Waals surface area contributed by atoms with E-state index in [0.717, 1.165) is 10.9 Å². The molecule has 0 N–H and O–H groups in total. The Kier molecular flexibility index (Phi) is 3.80. The number of carbonyl (C=O) groups is 1. The first kappa shape index (κ1) is 16.1. The van der Waals surface area contributed by atoms with Crippen molar-refractivity contribution < 1.29 is 9.21 Å². The Bertz CT molecular complexity index is 1170. The second-order valence-electron chi connectivity index (χ2n) is 6.35. The van der Waals surface area contributed by atoms with Gasteiger partial charge in [0.05, 0.1) is 12.9 Å². The molecular formula is C20H17N3O3. The van der Waals surface area contributed by atoms with Crippen LogP contribution in [0, 0.1) is 0 Å². The quantitative estimate of drug-likeness (QED) is 0.571. The monoisotopic (exact) mass is 347 g/mol. The van der Waals surface area contributed by atoms with Crippen LogP contribution in [0.2, 0.25) is 0 Å². The van der Waals surface area contributed by atoms with Crippen LogP contribution < -0.4 is 5.56 Å². The van der Waals surface area contributed by atoms with Crippen LogP contribution >= 0.6 is 0 Å². The van der Waals surface area contributed by atoms with Gasteiger partial charge in [-0.1, -0.05) is 24.3 Å². The molecule has 0 bridgehead atoms. The van der Waals surface area contributed by atoms with Crippen LogP contribution in [0.1, 0.15) is 15.9 Å². The van der Waals surface area contributed by atoms with E-state index in [0.29, 0.717) is 23.2 Å². The van der Waals surface area contributed by atoms with E-state index in [2.05, 4.69) is 4.98 Å². The third-order valence-corrected chi connectivity index (χ3v) is 4.31. The molecule has 0 radical (unpaired) electrons. The maximum atomic E-state index is 12.7. The molecule has 2 heterocycles. The molecule has 0 saturated heterocycles. The smallest absolute Gasteiger partial charge is 0.297 e. The van der Waals surface area contributed by atoms with Crippen molar-refractivity contribution >= 4 is 28.0 Å². The number of para-hydroxylation sites is 1. The van der Waals surface area contributed by atoms with Crippen molar-refractivity contribution in [3.8, 4) is 0 Å². The van der Waals surface area contributed by atoms with Gasteiger partial charge < -0.3 is 9.32 Å². The van der Waals surface area contributed by atoms with E-state index in [9.17, 15) is 9.59 Å². The van der Waals surface area contributed by atoms with E-state index in [1.165, 1.54) is 15.8 Å². The lowest BCUT2D eigenvalue weighted by Crippen LogP contribution is -2.22. The fraction of sp³-hybridized carbons (Fsp3) is 0.150. The third-order valence-electron chi connectivity index (χ3n) is 4.31. The Labute approximate surface area is 149 Å². The van der Waals surface area contributed by atoms with Crippen molar-refractivity contribution in [3.05, 3.63) is 76.3 Å². The molecular weight excluding hydrogens is 330 g/mol. The minimum Gasteiger partial charge on any atom is -0.448 e. The van der Waals surface area contributed by atoms with Crippen molar-refractivity contribution in [2.24, 2.45) is 0 Å². The fourth-order valence-corrected chi connectivity index (χ4v) is 2.94. The Balaban J connectivity index is 1.69. The maximum Gasteiger partial charge on any atom is 0.297 e. The maximum absolute atomic E-state index is 12.7. The average molecular weight is 347 g/mol. The summed E-state index contributed by atoms with van der Waals surface area (Å²) in [6.07, 6.45) is 1.53. The summed E-state index contributed by atoms with van der Waals surface area (Å²) in [7, 11) is 3.42. The number of amides is 1. The van der Waals surface area contributed by atoms with Gasteiger partial charge in [-0.25, -0.2) is 4.98 Å². The predicted molar refractivity (Wildman–Crippen MR) is 99.3 cm³/mol. The molecule has 0 spiro atoms. The van der Waals surface area contributed by atoms with Crippen molar-refractivity contribution in [2.75, 3.05) is 14.1 Å². The van der Waals surface area contributed by atoms with Crippen molar-refractivity contribution in [3.63, 3.8) is 0 Å². The number of fused-ring (bicyclic) bond motifs is 3. The summed E-state index contributed by atoms with van der Waals surface area (Å²) in [5.74, 6) is -0.0564. The van der Waals surface area contributed by atoms with Crippen LogP contribution in [0.5, 0.6) is 0 Å². The van der Waals surface area contributed by atoms with Gasteiger partial charge >= 0.3 is 0 Å². The molecule has 0 aliphatic carbocycles. The number of carbonyl (C=O) groups excluding carboxylic acids is 1. The molecule has 2 aromatic carbocycles. The highest BCUT2D eigenvalue weighted by Crippen LogP contribution is 2.24. The van der Waals surface area contributed by atoms with Gasteiger partial charge in [-0.3, -0.25) is 14.2 Å². The van der Waals surface area contributed by atoms with Crippen LogP contribution in [-0.2, 0) is 6.54 Å². The molecule has 0 atom stereocenters. The molecule has 6 heteroatoms. The van der Waals surface area contributed by atoms with Gasteiger partial charge in [0.25, 0.3) is 11.5 Å². The molecule has 4 aromatic rings. The highest BCUT2D eigenvalue weighted by atomic mass is 16.3. The van der Waals surface area contributed by atoms with Gasteiger partial charge in [-0.15, -0.1) is 0 Å². The highest BCUT2D eigenvalue weighted by Gasteiger charge is 2.13. The molecule has 6 nitrogen and oxygen atoms in total. The van der Waals surface area contributed by atoms with Gasteiger partial charge in [-0.05, 0) is 29.8 Å². The Hall–Kier alpha value is -3.41. The number of hydrogen-bond acceptors (Lipinski definition) is 4. The van der Waals surface area contributed by atoms with Gasteiger partial charge in [-0.2, -0.15) is 0 Å². The summed E-state index contributed by atoms with van der Waals surface area (Å²) in [5, 5.41) is 0.832. The zero-order chi connectivity index (χ0) is 18.3. The molecule has 2 aromatic heterocycles. The minimum atomic E-state index is -0.223. The number of nitrogens with zero attached hydrogens (tertiary/aromatic N) is 3. The normalized spacial score (nSPS) is 11.2. The summed E-state index contributed by atoms with van der Waals surface area (Å²) in [6.45, 7) is 0.356. The lowest BCUT2D eigenvalue weighted by molar-refractivity contribution is 0.0827. The Morgan fingerprint density at radius 3 is 2.58 bits per heavy atom. The topological polar surface area (TPSA) is 68.3 Å². The molecule has 0 saturated carbocycles. The van der Waals surface area contributed by atoms with Gasteiger partial charge in [0.2, 0.25) is 5.58 Å².